The Morgan fingerprint density at radius 2 is 1.79 bits per heavy atom. The third-order valence-electron chi connectivity index (χ3n) is 4.31. The maximum absolute atomic E-state index is 11.3. The number of nitrogens with one attached hydrogen (secondary N) is 1. The summed E-state index contributed by atoms with van der Waals surface area (Å²) in [4.78, 5) is 2.59. The summed E-state index contributed by atoms with van der Waals surface area (Å²) in [7, 11) is -3.63. The van der Waals surface area contributed by atoms with E-state index in [1.807, 2.05) is 6.07 Å². The minimum absolute atomic E-state index is 0.141. The van der Waals surface area contributed by atoms with Gasteiger partial charge in [-0.3, -0.25) is 4.90 Å². The van der Waals surface area contributed by atoms with Crippen LogP contribution >= 0.6 is 0 Å². The van der Waals surface area contributed by atoms with Gasteiger partial charge in [-0.25, -0.2) is 13.6 Å². The lowest BCUT2D eigenvalue weighted by atomic mass is 10.0. The van der Waals surface area contributed by atoms with Crippen LogP contribution < -0.4 is 10.5 Å². The van der Waals surface area contributed by atoms with Crippen molar-refractivity contribution >= 4 is 15.7 Å². The van der Waals surface area contributed by atoms with Crippen LogP contribution in [0.25, 0.3) is 0 Å². The van der Waals surface area contributed by atoms with Gasteiger partial charge in [0, 0.05) is 24.8 Å². The molecule has 1 unspecified atom stereocenters. The van der Waals surface area contributed by atoms with Crippen molar-refractivity contribution in [1.82, 2.24) is 4.90 Å². The number of anilines is 1. The SMILES string of the molecule is NS(=O)(=O)c1ccc(NC2CCCN(Cc3ccccc3)C2)cc1. The maximum atomic E-state index is 11.3. The van der Waals surface area contributed by atoms with Gasteiger partial charge in [0.25, 0.3) is 0 Å². The fourth-order valence-electron chi connectivity index (χ4n) is 3.14. The van der Waals surface area contributed by atoms with Crippen molar-refractivity contribution < 1.29 is 8.42 Å². The second-order valence-electron chi connectivity index (χ2n) is 6.27. The Hall–Kier alpha value is -1.89. The number of likely N-dealkylation sites (tertiary alicyclic amines) is 1. The first-order valence-corrected chi connectivity index (χ1v) is 9.71. The van der Waals surface area contributed by atoms with Gasteiger partial charge >= 0.3 is 0 Å². The average Bonchev–Trinajstić information content (AvgIpc) is 2.56. The highest BCUT2D eigenvalue weighted by Crippen LogP contribution is 2.19. The molecule has 2 aromatic rings. The zero-order valence-electron chi connectivity index (χ0n) is 13.6. The van der Waals surface area contributed by atoms with Crippen LogP contribution in [-0.4, -0.2) is 32.4 Å². The summed E-state index contributed by atoms with van der Waals surface area (Å²) in [5.74, 6) is 0. The van der Waals surface area contributed by atoms with Crippen molar-refractivity contribution in [3.8, 4) is 0 Å². The molecule has 1 aliphatic heterocycles. The third kappa shape index (κ3) is 4.56. The van der Waals surface area contributed by atoms with E-state index in [1.165, 1.54) is 5.56 Å². The fourth-order valence-corrected chi connectivity index (χ4v) is 3.65. The quantitative estimate of drug-likeness (QED) is 0.873. The van der Waals surface area contributed by atoms with Crippen LogP contribution in [0.3, 0.4) is 0 Å². The molecule has 6 heteroatoms. The molecule has 128 valence electrons. The number of piperidine rings is 1. The van der Waals surface area contributed by atoms with Gasteiger partial charge in [-0.2, -0.15) is 0 Å². The number of rotatable bonds is 5. The molecular formula is C18H23N3O2S. The Bertz CT molecular complexity index is 761. The monoisotopic (exact) mass is 345 g/mol. The first-order chi connectivity index (χ1) is 11.5. The predicted molar refractivity (Wildman–Crippen MR) is 96.2 cm³/mol. The summed E-state index contributed by atoms with van der Waals surface area (Å²) in [6, 6.07) is 17.5. The van der Waals surface area contributed by atoms with Crippen LogP contribution in [0, 0.1) is 0 Å². The molecule has 0 aliphatic carbocycles. The van der Waals surface area contributed by atoms with Crippen molar-refractivity contribution in [2.45, 2.75) is 30.3 Å². The van der Waals surface area contributed by atoms with E-state index in [2.05, 4.69) is 34.5 Å². The second-order valence-corrected chi connectivity index (χ2v) is 7.84. The lowest BCUT2D eigenvalue weighted by Crippen LogP contribution is -2.41. The lowest BCUT2D eigenvalue weighted by Gasteiger charge is -2.33. The Kier molecular flexibility index (Phi) is 5.18. The van der Waals surface area contributed by atoms with E-state index in [0.29, 0.717) is 6.04 Å². The Labute approximate surface area is 143 Å². The van der Waals surface area contributed by atoms with Crippen molar-refractivity contribution in [3.63, 3.8) is 0 Å². The van der Waals surface area contributed by atoms with E-state index in [1.54, 1.807) is 24.3 Å². The van der Waals surface area contributed by atoms with Gasteiger partial charge in [0.15, 0.2) is 0 Å². The molecule has 2 aromatic carbocycles. The highest BCUT2D eigenvalue weighted by atomic mass is 32.2. The molecule has 5 nitrogen and oxygen atoms in total. The third-order valence-corrected chi connectivity index (χ3v) is 5.24. The molecule has 1 heterocycles. The number of sulfonamides is 1. The Morgan fingerprint density at radius 3 is 2.46 bits per heavy atom. The molecule has 1 fully saturated rings. The van der Waals surface area contributed by atoms with Crippen LogP contribution in [0.5, 0.6) is 0 Å². The second kappa shape index (κ2) is 7.34. The van der Waals surface area contributed by atoms with Crippen LogP contribution in [0.2, 0.25) is 0 Å². The number of primary sulfonamides is 1. The molecule has 24 heavy (non-hydrogen) atoms. The summed E-state index contributed by atoms with van der Waals surface area (Å²) >= 11 is 0. The summed E-state index contributed by atoms with van der Waals surface area (Å²) in [5.41, 5.74) is 2.25. The molecule has 1 saturated heterocycles. The maximum Gasteiger partial charge on any atom is 0.238 e. The lowest BCUT2D eigenvalue weighted by molar-refractivity contribution is 0.208. The van der Waals surface area contributed by atoms with Crippen LogP contribution in [0.1, 0.15) is 18.4 Å². The fraction of sp³-hybridized carbons (Fsp3) is 0.333. The van der Waals surface area contributed by atoms with Crippen molar-refractivity contribution in [2.24, 2.45) is 5.14 Å². The normalized spacial score (nSPS) is 19.1. The van der Waals surface area contributed by atoms with Gasteiger partial charge < -0.3 is 5.32 Å². The van der Waals surface area contributed by atoms with Crippen LogP contribution in [0.4, 0.5) is 5.69 Å². The van der Waals surface area contributed by atoms with E-state index >= 15 is 0 Å². The van der Waals surface area contributed by atoms with E-state index in [-0.39, 0.29) is 4.90 Å². The predicted octanol–water partition coefficient (Wildman–Crippen LogP) is 2.41. The summed E-state index contributed by atoms with van der Waals surface area (Å²) < 4.78 is 22.6. The first kappa shape index (κ1) is 17.0. The van der Waals surface area contributed by atoms with Crippen LogP contribution in [0.15, 0.2) is 59.5 Å². The molecule has 1 atom stereocenters. The van der Waals surface area contributed by atoms with E-state index in [0.717, 1.165) is 38.2 Å². The minimum atomic E-state index is -3.63. The molecule has 3 N–H and O–H groups in total. The molecule has 1 aliphatic rings. The van der Waals surface area contributed by atoms with Crippen molar-refractivity contribution in [2.75, 3.05) is 18.4 Å². The van der Waals surface area contributed by atoms with Gasteiger partial charge in [0.2, 0.25) is 10.0 Å². The zero-order chi connectivity index (χ0) is 17.0. The highest BCUT2D eigenvalue weighted by molar-refractivity contribution is 7.89. The summed E-state index contributed by atoms with van der Waals surface area (Å²) in [5, 5.41) is 8.63. The minimum Gasteiger partial charge on any atom is -0.381 e. The number of hydrogen-bond donors (Lipinski definition) is 2. The number of benzene rings is 2. The Balaban J connectivity index is 1.59. The Morgan fingerprint density at radius 1 is 1.08 bits per heavy atom. The summed E-state index contributed by atoms with van der Waals surface area (Å²) in [6.45, 7) is 3.05. The molecule has 3 rings (SSSR count). The molecule has 0 aromatic heterocycles. The largest absolute Gasteiger partial charge is 0.381 e. The van der Waals surface area contributed by atoms with Crippen LogP contribution in [-0.2, 0) is 16.6 Å². The number of nitrogens with zero attached hydrogens (tertiary/aromatic N) is 1. The first-order valence-electron chi connectivity index (χ1n) is 8.16. The van der Waals surface area contributed by atoms with Gasteiger partial charge in [-0.1, -0.05) is 30.3 Å². The topological polar surface area (TPSA) is 75.4 Å². The van der Waals surface area contributed by atoms with E-state index in [9.17, 15) is 8.42 Å². The molecule has 0 saturated carbocycles. The molecule has 0 bridgehead atoms. The number of nitrogens with two attached hydrogens (primary N) is 1. The molecule has 0 radical (unpaired) electrons. The molecule has 0 amide bonds. The van der Waals surface area contributed by atoms with Gasteiger partial charge in [-0.05, 0) is 49.2 Å². The smallest absolute Gasteiger partial charge is 0.238 e. The number of hydrogen-bond acceptors (Lipinski definition) is 4. The van der Waals surface area contributed by atoms with Crippen molar-refractivity contribution in [1.29, 1.82) is 0 Å². The highest BCUT2D eigenvalue weighted by Gasteiger charge is 2.20. The standard InChI is InChI=1S/C18H23N3O2S/c19-24(22,23)18-10-8-16(9-11-18)20-17-7-4-12-21(14-17)13-15-5-2-1-3-6-15/h1-3,5-6,8-11,17,20H,4,7,12-14H2,(H2,19,22,23). The van der Waals surface area contributed by atoms with Gasteiger partial charge in [0.1, 0.15) is 0 Å². The zero-order valence-corrected chi connectivity index (χ0v) is 14.4. The molecular weight excluding hydrogens is 322 g/mol. The van der Waals surface area contributed by atoms with Gasteiger partial charge in [0.05, 0.1) is 4.90 Å². The van der Waals surface area contributed by atoms with E-state index in [4.69, 9.17) is 5.14 Å². The van der Waals surface area contributed by atoms with Gasteiger partial charge in [-0.15, -0.1) is 0 Å². The summed E-state index contributed by atoms with van der Waals surface area (Å²) in [6.07, 6.45) is 2.27. The average molecular weight is 345 g/mol. The molecule has 0 spiro atoms. The van der Waals surface area contributed by atoms with Crippen molar-refractivity contribution in [3.05, 3.63) is 60.2 Å². The van der Waals surface area contributed by atoms with E-state index < -0.39 is 10.0 Å².